The Morgan fingerprint density at radius 2 is 1.54 bits per heavy atom. The highest BCUT2D eigenvalue weighted by atomic mass is 32.2. The summed E-state index contributed by atoms with van der Waals surface area (Å²) in [5, 5.41) is 10.4. The van der Waals surface area contributed by atoms with Crippen LogP contribution in [-0.4, -0.2) is 19.3 Å². The lowest BCUT2D eigenvalue weighted by Gasteiger charge is -2.15. The monoisotopic (exact) mass is 396 g/mol. The Kier molecular flexibility index (Phi) is 5.63. The maximum atomic E-state index is 12.7. The number of aryl methyl sites for hydroxylation is 1. The van der Waals surface area contributed by atoms with Gasteiger partial charge in [0.1, 0.15) is 16.7 Å². The zero-order valence-electron chi connectivity index (χ0n) is 15.5. The fourth-order valence-corrected chi connectivity index (χ4v) is 3.76. The molecule has 0 heterocycles. The summed E-state index contributed by atoms with van der Waals surface area (Å²) < 4.78 is 30.4. The van der Waals surface area contributed by atoms with E-state index in [4.69, 9.17) is 4.18 Å². The van der Waals surface area contributed by atoms with Crippen LogP contribution in [0.25, 0.3) is 0 Å². The van der Waals surface area contributed by atoms with Gasteiger partial charge in [-0.25, -0.2) is 0 Å². The Labute approximate surface area is 164 Å². The van der Waals surface area contributed by atoms with Crippen molar-refractivity contribution in [2.45, 2.75) is 24.8 Å². The van der Waals surface area contributed by atoms with E-state index in [1.165, 1.54) is 30.3 Å². The molecule has 6 heteroatoms. The molecule has 0 saturated carbocycles. The van der Waals surface area contributed by atoms with Crippen molar-refractivity contribution in [2.75, 3.05) is 0 Å². The van der Waals surface area contributed by atoms with Crippen molar-refractivity contribution in [1.82, 2.24) is 0 Å². The van der Waals surface area contributed by atoms with Crippen molar-refractivity contribution < 1.29 is 22.5 Å². The van der Waals surface area contributed by atoms with Gasteiger partial charge in [0, 0.05) is 11.1 Å². The summed E-state index contributed by atoms with van der Waals surface area (Å²) in [6, 6.07) is 19.4. The van der Waals surface area contributed by atoms with Crippen molar-refractivity contribution in [1.29, 1.82) is 0 Å². The van der Waals surface area contributed by atoms with Crippen LogP contribution < -0.4 is 4.18 Å². The van der Waals surface area contributed by atoms with Gasteiger partial charge in [0.2, 0.25) is 0 Å². The van der Waals surface area contributed by atoms with Gasteiger partial charge in [-0.15, -0.1) is 0 Å². The van der Waals surface area contributed by atoms with E-state index in [1.54, 1.807) is 49.4 Å². The quantitative estimate of drug-likeness (QED) is 0.503. The number of Topliss-reactive ketones (excluding diaryl/α,β-unsaturated/α-hetero) is 1. The molecule has 0 saturated heterocycles. The molecule has 0 bridgehead atoms. The Morgan fingerprint density at radius 1 is 0.893 bits per heavy atom. The maximum absolute atomic E-state index is 12.7. The number of hydrogen-bond donors (Lipinski definition) is 1. The van der Waals surface area contributed by atoms with Crippen molar-refractivity contribution in [3.63, 3.8) is 0 Å². The molecular formula is C22H20O5S. The van der Waals surface area contributed by atoms with E-state index in [-0.39, 0.29) is 16.2 Å². The number of aliphatic hydroxyl groups is 1. The van der Waals surface area contributed by atoms with Gasteiger partial charge in [-0.2, -0.15) is 8.42 Å². The average Bonchev–Trinajstić information content (AvgIpc) is 2.69. The van der Waals surface area contributed by atoms with E-state index in [2.05, 4.69) is 0 Å². The molecule has 0 aliphatic rings. The molecule has 0 amide bonds. The number of carbonyl (C=O) groups excluding carboxylic acids is 1. The van der Waals surface area contributed by atoms with E-state index in [0.717, 1.165) is 5.56 Å². The molecule has 1 N–H and O–H groups in total. The number of ketones is 1. The van der Waals surface area contributed by atoms with Gasteiger partial charge in [0.05, 0.1) is 0 Å². The normalized spacial score (nSPS) is 12.4. The highest BCUT2D eigenvalue weighted by Crippen LogP contribution is 2.28. The molecule has 0 fully saturated rings. The van der Waals surface area contributed by atoms with Crippen LogP contribution in [0.4, 0.5) is 0 Å². The first kappa shape index (κ1) is 19.8. The Balaban J connectivity index is 1.91. The fourth-order valence-electron chi connectivity index (χ4n) is 2.78. The van der Waals surface area contributed by atoms with Crippen LogP contribution in [0.2, 0.25) is 0 Å². The Morgan fingerprint density at radius 3 is 2.18 bits per heavy atom. The molecule has 1 atom stereocenters. The summed E-state index contributed by atoms with van der Waals surface area (Å²) >= 11 is 0. The van der Waals surface area contributed by atoms with Crippen molar-refractivity contribution in [3.05, 3.63) is 95.1 Å². The molecule has 3 rings (SSSR count). The zero-order chi connectivity index (χ0) is 20.3. The van der Waals surface area contributed by atoms with E-state index in [1.807, 2.05) is 6.92 Å². The third kappa shape index (κ3) is 4.13. The number of aliphatic hydroxyl groups excluding tert-OH is 1. The minimum atomic E-state index is -4.04. The van der Waals surface area contributed by atoms with Gasteiger partial charge in [-0.1, -0.05) is 60.2 Å². The summed E-state index contributed by atoms with van der Waals surface area (Å²) in [5.74, 6) is -0.478. The molecule has 0 aromatic heterocycles. The van der Waals surface area contributed by atoms with E-state index in [9.17, 15) is 18.3 Å². The standard InChI is InChI=1S/C22H20O5S/c1-15-11-13-18(14-12-15)28(25,26)27-20-10-6-9-19(16(20)2)22(24)21(23)17-7-4-3-5-8-17/h3-14,21,23H,1-2H3. The lowest BCUT2D eigenvalue weighted by atomic mass is 9.96. The van der Waals surface area contributed by atoms with Crippen molar-refractivity contribution in [3.8, 4) is 5.75 Å². The van der Waals surface area contributed by atoms with Crippen LogP contribution in [0.5, 0.6) is 5.75 Å². The number of benzene rings is 3. The molecular weight excluding hydrogens is 376 g/mol. The topological polar surface area (TPSA) is 80.7 Å². The Bertz CT molecular complexity index is 1090. The van der Waals surface area contributed by atoms with Crippen LogP contribution in [0, 0.1) is 13.8 Å². The molecule has 3 aromatic carbocycles. The SMILES string of the molecule is Cc1ccc(S(=O)(=O)Oc2cccc(C(=O)C(O)c3ccccc3)c2C)cc1. The smallest absolute Gasteiger partial charge is 0.339 e. The van der Waals surface area contributed by atoms with Gasteiger partial charge in [-0.05, 0) is 37.6 Å². The minimum absolute atomic E-state index is 0.0264. The molecule has 3 aromatic rings. The summed E-state index contributed by atoms with van der Waals surface area (Å²) in [7, 11) is -4.04. The van der Waals surface area contributed by atoms with E-state index in [0.29, 0.717) is 11.1 Å². The van der Waals surface area contributed by atoms with Gasteiger partial charge < -0.3 is 9.29 Å². The fraction of sp³-hybridized carbons (Fsp3) is 0.136. The lowest BCUT2D eigenvalue weighted by Crippen LogP contribution is -2.15. The molecule has 0 aliphatic carbocycles. The van der Waals surface area contributed by atoms with E-state index >= 15 is 0 Å². The average molecular weight is 396 g/mol. The van der Waals surface area contributed by atoms with Crippen LogP contribution in [0.3, 0.4) is 0 Å². The lowest BCUT2D eigenvalue weighted by molar-refractivity contribution is 0.0746. The predicted molar refractivity (Wildman–Crippen MR) is 106 cm³/mol. The minimum Gasteiger partial charge on any atom is -0.380 e. The van der Waals surface area contributed by atoms with Crippen molar-refractivity contribution in [2.24, 2.45) is 0 Å². The van der Waals surface area contributed by atoms with Gasteiger partial charge in [0.25, 0.3) is 0 Å². The Hall–Kier alpha value is -2.96. The van der Waals surface area contributed by atoms with E-state index < -0.39 is 22.0 Å². The van der Waals surface area contributed by atoms with Crippen LogP contribution in [-0.2, 0) is 10.1 Å². The summed E-state index contributed by atoms with van der Waals surface area (Å²) in [6.45, 7) is 3.44. The molecule has 1 unspecified atom stereocenters. The predicted octanol–water partition coefficient (Wildman–Crippen LogP) is 3.99. The molecule has 0 radical (unpaired) electrons. The maximum Gasteiger partial charge on any atom is 0.339 e. The van der Waals surface area contributed by atoms with Crippen LogP contribution >= 0.6 is 0 Å². The third-order valence-electron chi connectivity index (χ3n) is 4.42. The molecule has 0 aliphatic heterocycles. The second-order valence-corrected chi connectivity index (χ2v) is 8.00. The highest BCUT2D eigenvalue weighted by molar-refractivity contribution is 7.87. The largest absolute Gasteiger partial charge is 0.380 e. The third-order valence-corrected chi connectivity index (χ3v) is 5.67. The van der Waals surface area contributed by atoms with Crippen LogP contribution in [0.15, 0.2) is 77.7 Å². The number of hydrogen-bond acceptors (Lipinski definition) is 5. The summed E-state index contributed by atoms with van der Waals surface area (Å²) in [6.07, 6.45) is -1.34. The van der Waals surface area contributed by atoms with Gasteiger partial charge >= 0.3 is 10.1 Å². The second-order valence-electron chi connectivity index (χ2n) is 6.46. The first-order chi connectivity index (χ1) is 13.3. The first-order valence-electron chi connectivity index (χ1n) is 8.67. The molecule has 28 heavy (non-hydrogen) atoms. The second kappa shape index (κ2) is 7.96. The van der Waals surface area contributed by atoms with Gasteiger partial charge in [-0.3, -0.25) is 4.79 Å². The van der Waals surface area contributed by atoms with Gasteiger partial charge in [0.15, 0.2) is 5.78 Å². The van der Waals surface area contributed by atoms with Crippen molar-refractivity contribution >= 4 is 15.9 Å². The van der Waals surface area contributed by atoms with Crippen LogP contribution in [0.1, 0.15) is 33.2 Å². The molecule has 5 nitrogen and oxygen atoms in total. The number of rotatable bonds is 6. The highest BCUT2D eigenvalue weighted by Gasteiger charge is 2.24. The first-order valence-corrected chi connectivity index (χ1v) is 10.1. The zero-order valence-corrected chi connectivity index (χ0v) is 16.3. The summed E-state index contributed by atoms with van der Waals surface area (Å²) in [5.41, 5.74) is 1.94. The molecule has 144 valence electrons. The summed E-state index contributed by atoms with van der Waals surface area (Å²) in [4.78, 5) is 12.8. The number of carbonyl (C=O) groups is 1. The molecule has 0 spiro atoms.